The maximum atomic E-state index is 11.1. The van der Waals surface area contributed by atoms with E-state index in [2.05, 4.69) is 20.2 Å². The Morgan fingerprint density at radius 2 is 2.33 bits per heavy atom. The van der Waals surface area contributed by atoms with Crippen molar-refractivity contribution in [3.05, 3.63) is 28.6 Å². The number of aryl methyl sites for hydroxylation is 1. The molecule has 5 nitrogen and oxygen atoms in total. The molecule has 0 unspecified atom stereocenters. The van der Waals surface area contributed by atoms with Crippen molar-refractivity contribution in [3.63, 3.8) is 0 Å². The Bertz CT molecular complexity index is 476. The highest BCUT2D eigenvalue weighted by atomic mass is 16.1. The molecule has 60 valence electrons. The molecule has 5 heteroatoms. The van der Waals surface area contributed by atoms with Gasteiger partial charge < -0.3 is 0 Å². The van der Waals surface area contributed by atoms with Gasteiger partial charge in [0.1, 0.15) is 11.8 Å². The van der Waals surface area contributed by atoms with Gasteiger partial charge in [0.05, 0.1) is 5.69 Å². The zero-order valence-electron chi connectivity index (χ0n) is 6.40. The lowest BCUT2D eigenvalue weighted by Gasteiger charge is -1.95. The third kappa shape index (κ3) is 0.868. The van der Waals surface area contributed by atoms with Crippen molar-refractivity contribution in [3.8, 4) is 0 Å². The minimum atomic E-state index is -0.280. The Kier molecular flexibility index (Phi) is 1.36. The van der Waals surface area contributed by atoms with Crippen molar-refractivity contribution in [2.24, 2.45) is 0 Å². The van der Waals surface area contributed by atoms with Gasteiger partial charge in [0.2, 0.25) is 0 Å². The average molecular weight is 162 g/mol. The van der Waals surface area contributed by atoms with Gasteiger partial charge in [0.25, 0.3) is 5.56 Å². The number of H-pyrrole nitrogens is 1. The van der Waals surface area contributed by atoms with Crippen LogP contribution in [0.25, 0.3) is 10.9 Å². The van der Waals surface area contributed by atoms with Crippen LogP contribution >= 0.6 is 0 Å². The summed E-state index contributed by atoms with van der Waals surface area (Å²) in [5, 5.41) is 6.83. The molecule has 0 radical (unpaired) electrons. The summed E-state index contributed by atoms with van der Waals surface area (Å²) < 4.78 is 0. The van der Waals surface area contributed by atoms with Crippen LogP contribution in [0.3, 0.4) is 0 Å². The number of hydrogen-bond acceptors (Lipinski definition) is 4. The van der Waals surface area contributed by atoms with Crippen LogP contribution in [0.2, 0.25) is 0 Å². The Hall–Kier alpha value is -1.78. The van der Waals surface area contributed by atoms with Crippen molar-refractivity contribution in [2.75, 3.05) is 0 Å². The van der Waals surface area contributed by atoms with Gasteiger partial charge in [-0.15, -0.1) is 0 Å². The highest BCUT2D eigenvalue weighted by molar-refractivity contribution is 5.77. The molecule has 2 aromatic heterocycles. The molecule has 0 saturated carbocycles. The lowest BCUT2D eigenvalue weighted by molar-refractivity contribution is 0.959. The molecule has 0 aliphatic heterocycles. The van der Waals surface area contributed by atoms with E-state index in [9.17, 15) is 4.79 Å². The smallest absolute Gasteiger partial charge is 0.266 e. The molecule has 2 aromatic rings. The second kappa shape index (κ2) is 2.37. The number of rotatable bonds is 0. The molecule has 0 amide bonds. The van der Waals surface area contributed by atoms with Crippen LogP contribution in [0.4, 0.5) is 0 Å². The molecule has 2 heterocycles. The standard InChI is InChI=1S/C7H6N4O/c1-4-5-2-8-3-9-6(5)7(12)11-10-4/h2-3H,1H3,(H,11,12). The topological polar surface area (TPSA) is 71.5 Å². The third-order valence-electron chi connectivity index (χ3n) is 1.64. The van der Waals surface area contributed by atoms with Gasteiger partial charge in [-0.25, -0.2) is 15.1 Å². The van der Waals surface area contributed by atoms with Gasteiger partial charge in [0.15, 0.2) is 0 Å². The zero-order valence-corrected chi connectivity index (χ0v) is 6.40. The summed E-state index contributed by atoms with van der Waals surface area (Å²) in [5.74, 6) is 0. The van der Waals surface area contributed by atoms with E-state index in [1.165, 1.54) is 6.33 Å². The first-order valence-electron chi connectivity index (χ1n) is 3.44. The molecule has 0 aromatic carbocycles. The van der Waals surface area contributed by atoms with Gasteiger partial charge in [-0.1, -0.05) is 0 Å². The number of aromatic amines is 1. The van der Waals surface area contributed by atoms with Crippen molar-refractivity contribution < 1.29 is 0 Å². The summed E-state index contributed by atoms with van der Waals surface area (Å²) in [6.45, 7) is 1.79. The van der Waals surface area contributed by atoms with Gasteiger partial charge >= 0.3 is 0 Å². The van der Waals surface area contributed by atoms with E-state index in [1.807, 2.05) is 0 Å². The summed E-state index contributed by atoms with van der Waals surface area (Å²) in [6, 6.07) is 0. The minimum Gasteiger partial charge on any atom is -0.266 e. The molecule has 2 rings (SSSR count). The number of fused-ring (bicyclic) bond motifs is 1. The highest BCUT2D eigenvalue weighted by Gasteiger charge is 2.01. The second-order valence-corrected chi connectivity index (χ2v) is 2.42. The fourth-order valence-electron chi connectivity index (χ4n) is 1.02. The number of nitrogens with one attached hydrogen (secondary N) is 1. The van der Waals surface area contributed by atoms with E-state index in [0.29, 0.717) is 10.9 Å². The van der Waals surface area contributed by atoms with Gasteiger partial charge in [-0.2, -0.15) is 5.10 Å². The van der Waals surface area contributed by atoms with Crippen molar-refractivity contribution in [1.29, 1.82) is 0 Å². The normalized spacial score (nSPS) is 10.4. The molecule has 0 atom stereocenters. The molecule has 0 aliphatic carbocycles. The monoisotopic (exact) mass is 162 g/mol. The van der Waals surface area contributed by atoms with E-state index in [0.717, 1.165) is 5.69 Å². The number of aromatic nitrogens is 4. The molecule has 12 heavy (non-hydrogen) atoms. The fourth-order valence-corrected chi connectivity index (χ4v) is 1.02. The Balaban J connectivity index is 3.05. The molecule has 0 bridgehead atoms. The predicted octanol–water partition coefficient (Wildman–Crippen LogP) is 0.0215. The largest absolute Gasteiger partial charge is 0.290 e. The van der Waals surface area contributed by atoms with Crippen molar-refractivity contribution in [1.82, 2.24) is 20.2 Å². The third-order valence-corrected chi connectivity index (χ3v) is 1.64. The molecule has 0 fully saturated rings. The molecule has 0 saturated heterocycles. The van der Waals surface area contributed by atoms with E-state index in [-0.39, 0.29) is 5.56 Å². The van der Waals surface area contributed by atoms with E-state index >= 15 is 0 Å². The van der Waals surface area contributed by atoms with E-state index < -0.39 is 0 Å². The average Bonchev–Trinajstić information content (AvgIpc) is 2.12. The first-order chi connectivity index (χ1) is 5.79. The van der Waals surface area contributed by atoms with Crippen LogP contribution in [0.5, 0.6) is 0 Å². The first-order valence-corrected chi connectivity index (χ1v) is 3.44. The molecule has 0 aliphatic rings. The Labute approximate surface area is 67.5 Å². The van der Waals surface area contributed by atoms with Crippen molar-refractivity contribution in [2.45, 2.75) is 6.92 Å². The Morgan fingerprint density at radius 3 is 3.08 bits per heavy atom. The van der Waals surface area contributed by atoms with Gasteiger partial charge in [-0.3, -0.25) is 4.79 Å². The van der Waals surface area contributed by atoms with Gasteiger partial charge in [0, 0.05) is 11.6 Å². The second-order valence-electron chi connectivity index (χ2n) is 2.42. The van der Waals surface area contributed by atoms with Crippen LogP contribution < -0.4 is 5.56 Å². The van der Waals surface area contributed by atoms with Crippen LogP contribution in [0.15, 0.2) is 17.3 Å². The fraction of sp³-hybridized carbons (Fsp3) is 0.143. The molecule has 1 N–H and O–H groups in total. The first kappa shape index (κ1) is 6.90. The molecular formula is C7H6N4O. The van der Waals surface area contributed by atoms with Crippen LogP contribution in [0.1, 0.15) is 5.69 Å². The lowest BCUT2D eigenvalue weighted by atomic mass is 10.3. The summed E-state index contributed by atoms with van der Waals surface area (Å²) >= 11 is 0. The lowest BCUT2D eigenvalue weighted by Crippen LogP contribution is -2.11. The maximum Gasteiger partial charge on any atom is 0.290 e. The number of hydrogen-bond donors (Lipinski definition) is 1. The van der Waals surface area contributed by atoms with Crippen molar-refractivity contribution >= 4 is 10.9 Å². The summed E-state index contributed by atoms with van der Waals surface area (Å²) in [4.78, 5) is 18.8. The van der Waals surface area contributed by atoms with Crippen LogP contribution in [-0.4, -0.2) is 20.2 Å². The Morgan fingerprint density at radius 1 is 1.50 bits per heavy atom. The summed E-state index contributed by atoms with van der Waals surface area (Å²) in [5.41, 5.74) is 0.834. The highest BCUT2D eigenvalue weighted by Crippen LogP contribution is 2.05. The maximum absolute atomic E-state index is 11.1. The predicted molar refractivity (Wildman–Crippen MR) is 42.7 cm³/mol. The molecular weight excluding hydrogens is 156 g/mol. The SMILES string of the molecule is Cc1n[nH]c(=O)c2ncncc12. The summed E-state index contributed by atoms with van der Waals surface area (Å²) in [7, 11) is 0. The molecule has 0 spiro atoms. The summed E-state index contributed by atoms with van der Waals surface area (Å²) in [6.07, 6.45) is 2.93. The van der Waals surface area contributed by atoms with Crippen LogP contribution in [-0.2, 0) is 0 Å². The number of nitrogens with zero attached hydrogens (tertiary/aromatic N) is 3. The quantitative estimate of drug-likeness (QED) is 0.592. The van der Waals surface area contributed by atoms with E-state index in [4.69, 9.17) is 0 Å². The zero-order chi connectivity index (χ0) is 8.55. The van der Waals surface area contributed by atoms with E-state index in [1.54, 1.807) is 13.1 Å². The minimum absolute atomic E-state index is 0.280. The van der Waals surface area contributed by atoms with Crippen LogP contribution in [0, 0.1) is 6.92 Å². The van der Waals surface area contributed by atoms with Gasteiger partial charge in [-0.05, 0) is 6.92 Å².